The Morgan fingerprint density at radius 3 is 2.38 bits per heavy atom. The molecule has 0 aliphatic rings. The molecule has 0 aliphatic heterocycles. The number of ether oxygens (including phenoxy) is 2. The molecule has 0 saturated heterocycles. The molecule has 7 heteroatoms. The molecule has 0 radical (unpaired) electrons. The van der Waals surface area contributed by atoms with Crippen LogP contribution in [0, 0.1) is 5.92 Å². The van der Waals surface area contributed by atoms with Crippen molar-refractivity contribution in [3.8, 4) is 11.3 Å². The lowest BCUT2D eigenvalue weighted by Gasteiger charge is -2.21. The van der Waals surface area contributed by atoms with Gasteiger partial charge in [0.15, 0.2) is 6.29 Å². The monoisotopic (exact) mass is 397 g/mol. The highest BCUT2D eigenvalue weighted by atomic mass is 16.7. The van der Waals surface area contributed by atoms with Crippen LogP contribution in [0.4, 0.5) is 0 Å². The normalized spacial score (nSPS) is 12.2. The van der Waals surface area contributed by atoms with E-state index in [9.17, 15) is 14.7 Å². The van der Waals surface area contributed by atoms with Crippen LogP contribution in [-0.2, 0) is 14.3 Å². The van der Waals surface area contributed by atoms with Gasteiger partial charge in [-0.05, 0) is 30.7 Å². The van der Waals surface area contributed by atoms with Crippen LogP contribution in [0.1, 0.15) is 16.8 Å². The number of methoxy groups -OCH3 is 2. The van der Waals surface area contributed by atoms with Crippen LogP contribution in [-0.4, -0.2) is 44.0 Å². The number of rotatable bonds is 9. The largest absolute Gasteiger partial charge is 0.481 e. The summed E-state index contributed by atoms with van der Waals surface area (Å²) in [6.45, 7) is 0.185. The average Bonchev–Trinajstić information content (AvgIpc) is 3.17. The van der Waals surface area contributed by atoms with Crippen LogP contribution < -0.4 is 5.32 Å². The third-order valence-corrected chi connectivity index (χ3v) is 4.71. The molecule has 29 heavy (non-hydrogen) atoms. The number of carboxylic acids is 1. The lowest BCUT2D eigenvalue weighted by Crippen LogP contribution is -2.35. The molecule has 0 bridgehead atoms. The number of carbonyl (C=O) groups excluding carboxylic acids is 1. The van der Waals surface area contributed by atoms with Gasteiger partial charge in [0.2, 0.25) is 0 Å². The number of nitrogens with one attached hydrogen (secondary N) is 1. The summed E-state index contributed by atoms with van der Waals surface area (Å²) in [6, 6.07) is 16.8. The Morgan fingerprint density at radius 1 is 1.07 bits per heavy atom. The van der Waals surface area contributed by atoms with Gasteiger partial charge in [-0.25, -0.2) is 0 Å². The fourth-order valence-corrected chi connectivity index (χ4v) is 3.15. The first-order valence-electron chi connectivity index (χ1n) is 9.19. The molecule has 3 aromatic rings. The van der Waals surface area contributed by atoms with Crippen molar-refractivity contribution in [2.24, 2.45) is 5.92 Å². The zero-order chi connectivity index (χ0) is 20.8. The predicted octanol–water partition coefficient (Wildman–Crippen LogP) is 3.54. The van der Waals surface area contributed by atoms with Crippen molar-refractivity contribution in [3.05, 3.63) is 60.2 Å². The molecule has 3 rings (SSSR count). The maximum atomic E-state index is 12.3. The molecule has 1 heterocycles. The molecule has 1 atom stereocenters. The van der Waals surface area contributed by atoms with E-state index >= 15 is 0 Å². The highest BCUT2D eigenvalue weighted by molar-refractivity contribution is 5.94. The topological polar surface area (TPSA) is 98.0 Å². The van der Waals surface area contributed by atoms with E-state index in [4.69, 9.17) is 13.9 Å². The Bertz CT molecular complexity index is 941. The van der Waals surface area contributed by atoms with Crippen molar-refractivity contribution in [3.63, 3.8) is 0 Å². The number of carboxylic acid groups (broad SMARTS) is 1. The van der Waals surface area contributed by atoms with Gasteiger partial charge in [-0.1, -0.05) is 30.3 Å². The molecule has 2 N–H and O–H groups in total. The van der Waals surface area contributed by atoms with Crippen LogP contribution in [0.5, 0.6) is 0 Å². The lowest BCUT2D eigenvalue weighted by molar-refractivity contribution is -0.172. The number of fused-ring (bicyclic) bond motifs is 1. The molecule has 0 fully saturated rings. The minimum Gasteiger partial charge on any atom is -0.481 e. The molecule has 152 valence electrons. The summed E-state index contributed by atoms with van der Waals surface area (Å²) in [5.41, 5.74) is 2.15. The van der Waals surface area contributed by atoms with Crippen LogP contribution in [0.25, 0.3) is 22.3 Å². The zero-order valence-corrected chi connectivity index (χ0v) is 16.3. The van der Waals surface area contributed by atoms with Gasteiger partial charge in [0.25, 0.3) is 5.91 Å². The summed E-state index contributed by atoms with van der Waals surface area (Å²) >= 11 is 0. The summed E-state index contributed by atoms with van der Waals surface area (Å²) in [4.78, 5) is 23.7. The number of amides is 1. The van der Waals surface area contributed by atoms with Gasteiger partial charge in [0.05, 0.1) is 0 Å². The van der Waals surface area contributed by atoms with Crippen molar-refractivity contribution in [2.75, 3.05) is 20.8 Å². The zero-order valence-electron chi connectivity index (χ0n) is 16.3. The third-order valence-electron chi connectivity index (χ3n) is 4.71. The standard InChI is InChI=1S/C22H23NO6/c1-27-22(28-2)17(21(25)26)11-12-23-20(24)15-9-7-14(8-10-15)19-13-16-5-3-4-6-18(16)29-19/h3-10,13,17,22H,11-12H2,1-2H3,(H,23,24)(H,25,26)/t17-/m1/s1. The van der Waals surface area contributed by atoms with E-state index in [1.807, 2.05) is 42.5 Å². The van der Waals surface area contributed by atoms with E-state index in [-0.39, 0.29) is 18.9 Å². The maximum Gasteiger partial charge on any atom is 0.311 e. The molecular weight excluding hydrogens is 374 g/mol. The fraction of sp³-hybridized carbons (Fsp3) is 0.273. The van der Waals surface area contributed by atoms with Crippen molar-refractivity contribution in [1.82, 2.24) is 5.32 Å². The number of furan rings is 1. The minimum absolute atomic E-state index is 0.185. The summed E-state index contributed by atoms with van der Waals surface area (Å²) in [6.07, 6.45) is -0.683. The Hall–Kier alpha value is -3.16. The second-order valence-corrected chi connectivity index (χ2v) is 6.55. The Kier molecular flexibility index (Phi) is 6.64. The quantitative estimate of drug-likeness (QED) is 0.536. The van der Waals surface area contributed by atoms with Crippen LogP contribution in [0.15, 0.2) is 59.0 Å². The van der Waals surface area contributed by atoms with Crippen molar-refractivity contribution in [2.45, 2.75) is 12.7 Å². The van der Waals surface area contributed by atoms with E-state index in [1.165, 1.54) is 14.2 Å². The van der Waals surface area contributed by atoms with Gasteiger partial charge in [-0.3, -0.25) is 9.59 Å². The van der Waals surface area contributed by atoms with E-state index in [0.717, 1.165) is 22.3 Å². The second-order valence-electron chi connectivity index (χ2n) is 6.55. The van der Waals surface area contributed by atoms with E-state index in [0.29, 0.717) is 5.56 Å². The van der Waals surface area contributed by atoms with Crippen LogP contribution >= 0.6 is 0 Å². The van der Waals surface area contributed by atoms with E-state index in [2.05, 4.69) is 5.32 Å². The maximum absolute atomic E-state index is 12.3. The van der Waals surface area contributed by atoms with Gasteiger partial charge in [-0.15, -0.1) is 0 Å². The van der Waals surface area contributed by atoms with Crippen molar-refractivity contribution < 1.29 is 28.6 Å². The van der Waals surface area contributed by atoms with E-state index in [1.54, 1.807) is 12.1 Å². The number of benzene rings is 2. The number of carbonyl (C=O) groups is 2. The molecule has 0 saturated carbocycles. The fourth-order valence-electron chi connectivity index (χ4n) is 3.15. The SMILES string of the molecule is COC(OC)[C@H](CCNC(=O)c1ccc(-c2cc3ccccc3o2)cc1)C(=O)O. The van der Waals surface area contributed by atoms with Crippen molar-refractivity contribution >= 4 is 22.8 Å². The Morgan fingerprint density at radius 2 is 1.76 bits per heavy atom. The summed E-state index contributed by atoms with van der Waals surface area (Å²) < 4.78 is 15.9. The first-order chi connectivity index (χ1) is 14.0. The second kappa shape index (κ2) is 9.36. The summed E-state index contributed by atoms with van der Waals surface area (Å²) in [5, 5.41) is 13.0. The van der Waals surface area contributed by atoms with Gasteiger partial charge in [0, 0.05) is 37.3 Å². The molecule has 0 spiro atoms. The van der Waals surface area contributed by atoms with Crippen LogP contribution in [0.3, 0.4) is 0 Å². The minimum atomic E-state index is -1.04. The lowest BCUT2D eigenvalue weighted by atomic mass is 10.0. The number of aliphatic carboxylic acids is 1. The van der Waals surface area contributed by atoms with Gasteiger partial charge in [-0.2, -0.15) is 0 Å². The highest BCUT2D eigenvalue weighted by Crippen LogP contribution is 2.27. The first kappa shape index (κ1) is 20.6. The molecule has 0 unspecified atom stereocenters. The smallest absolute Gasteiger partial charge is 0.311 e. The predicted molar refractivity (Wildman–Crippen MR) is 108 cm³/mol. The molecule has 7 nitrogen and oxygen atoms in total. The van der Waals surface area contributed by atoms with Crippen LogP contribution in [0.2, 0.25) is 0 Å². The molecular formula is C22H23NO6. The third kappa shape index (κ3) is 4.82. The van der Waals surface area contributed by atoms with E-state index < -0.39 is 18.2 Å². The number of hydrogen-bond donors (Lipinski definition) is 2. The Balaban J connectivity index is 1.61. The first-order valence-corrected chi connectivity index (χ1v) is 9.19. The molecule has 1 amide bonds. The molecule has 2 aromatic carbocycles. The highest BCUT2D eigenvalue weighted by Gasteiger charge is 2.28. The van der Waals surface area contributed by atoms with Gasteiger partial charge in [0.1, 0.15) is 17.3 Å². The molecule has 0 aliphatic carbocycles. The number of hydrogen-bond acceptors (Lipinski definition) is 5. The van der Waals surface area contributed by atoms with Gasteiger partial charge < -0.3 is 24.3 Å². The Labute approximate surface area is 168 Å². The summed E-state index contributed by atoms with van der Waals surface area (Å²) in [7, 11) is 2.76. The summed E-state index contributed by atoms with van der Waals surface area (Å²) in [5.74, 6) is -1.46. The molecule has 1 aromatic heterocycles. The number of para-hydroxylation sites is 1. The average molecular weight is 397 g/mol. The van der Waals surface area contributed by atoms with Crippen molar-refractivity contribution in [1.29, 1.82) is 0 Å². The van der Waals surface area contributed by atoms with Gasteiger partial charge >= 0.3 is 5.97 Å².